The van der Waals surface area contributed by atoms with E-state index in [1.54, 1.807) is 13.0 Å². The van der Waals surface area contributed by atoms with Crippen molar-refractivity contribution in [3.05, 3.63) is 36.0 Å². The molecule has 0 unspecified atom stereocenters. The van der Waals surface area contributed by atoms with Crippen molar-refractivity contribution in [2.24, 2.45) is 0 Å². The van der Waals surface area contributed by atoms with Gasteiger partial charge in [0.15, 0.2) is 5.03 Å². The highest BCUT2D eigenvalue weighted by atomic mass is 32.2. The molecule has 0 spiro atoms. The molecule has 14 heteroatoms. The van der Waals surface area contributed by atoms with Crippen LogP contribution < -0.4 is 26.1 Å². The van der Waals surface area contributed by atoms with Gasteiger partial charge in [-0.05, 0) is 36.1 Å². The summed E-state index contributed by atoms with van der Waals surface area (Å²) in [6.45, 7) is 2.17. The SMILES string of the molecule is CCNC(=O)Nc1cc(NC(=O)O)cnc1S(=O)(=O)Nc1ccc2c(c1)B(O)OC2. The Labute approximate surface area is 171 Å². The first-order valence-electron chi connectivity index (χ1n) is 8.69. The Morgan fingerprint density at radius 3 is 2.70 bits per heavy atom. The summed E-state index contributed by atoms with van der Waals surface area (Å²) in [6.07, 6.45) is -0.375. The lowest BCUT2D eigenvalue weighted by Crippen LogP contribution is -2.30. The molecule has 2 aromatic rings. The summed E-state index contributed by atoms with van der Waals surface area (Å²) in [4.78, 5) is 26.6. The van der Waals surface area contributed by atoms with Gasteiger partial charge in [-0.2, -0.15) is 8.42 Å². The van der Waals surface area contributed by atoms with Gasteiger partial charge in [-0.1, -0.05) is 6.07 Å². The minimum absolute atomic E-state index is 0.0361. The molecule has 6 N–H and O–H groups in total. The molecule has 12 nitrogen and oxygen atoms in total. The lowest BCUT2D eigenvalue weighted by atomic mass is 9.79. The second kappa shape index (κ2) is 8.56. The van der Waals surface area contributed by atoms with Crippen LogP contribution in [-0.2, 0) is 21.3 Å². The number of aromatic nitrogens is 1. The van der Waals surface area contributed by atoms with Crippen molar-refractivity contribution >= 4 is 51.8 Å². The van der Waals surface area contributed by atoms with Crippen LogP contribution in [-0.4, -0.2) is 49.3 Å². The van der Waals surface area contributed by atoms with Crippen molar-refractivity contribution in [3.63, 3.8) is 0 Å². The van der Waals surface area contributed by atoms with Crippen LogP contribution in [0.25, 0.3) is 0 Å². The number of pyridine rings is 1. The predicted molar refractivity (Wildman–Crippen MR) is 108 cm³/mol. The summed E-state index contributed by atoms with van der Waals surface area (Å²) in [6, 6.07) is 4.98. The first-order valence-corrected chi connectivity index (χ1v) is 10.2. The van der Waals surface area contributed by atoms with Crippen molar-refractivity contribution in [2.75, 3.05) is 21.9 Å². The fourth-order valence-corrected chi connectivity index (χ4v) is 3.88. The Balaban J connectivity index is 1.94. The average molecular weight is 435 g/mol. The van der Waals surface area contributed by atoms with Crippen LogP contribution in [0.15, 0.2) is 35.5 Å². The number of carboxylic acid groups (broad SMARTS) is 1. The molecule has 1 aliphatic rings. The first-order chi connectivity index (χ1) is 14.2. The minimum atomic E-state index is -4.29. The number of anilines is 3. The Morgan fingerprint density at radius 1 is 1.23 bits per heavy atom. The van der Waals surface area contributed by atoms with Gasteiger partial charge in [-0.3, -0.25) is 10.0 Å². The molecule has 0 fully saturated rings. The molecule has 3 amide bonds. The number of rotatable bonds is 6. The highest BCUT2D eigenvalue weighted by molar-refractivity contribution is 7.92. The standard InChI is InChI=1S/C16H18BN5O7S/c1-2-18-15(23)21-13-6-11(20-16(24)25)7-19-14(13)30(27,28)22-10-4-3-9-8-29-17(26)12(9)5-10/h3-7,20,22,26H,2,8H2,1H3,(H,24,25)(H2,18,21,23). The first kappa shape index (κ1) is 21.4. The van der Waals surface area contributed by atoms with Gasteiger partial charge in [0.2, 0.25) is 0 Å². The second-order valence-corrected chi connectivity index (χ2v) is 7.77. The molecule has 0 saturated heterocycles. The van der Waals surface area contributed by atoms with E-state index in [0.717, 1.165) is 17.8 Å². The number of sulfonamides is 1. The van der Waals surface area contributed by atoms with Crippen LogP contribution >= 0.6 is 0 Å². The third kappa shape index (κ3) is 4.79. The van der Waals surface area contributed by atoms with E-state index in [9.17, 15) is 23.0 Å². The summed E-state index contributed by atoms with van der Waals surface area (Å²) in [5.74, 6) is 0. The quantitative estimate of drug-likeness (QED) is 0.351. The average Bonchev–Trinajstić information content (AvgIpc) is 3.01. The smallest absolute Gasteiger partial charge is 0.465 e. The summed E-state index contributed by atoms with van der Waals surface area (Å²) in [5.41, 5.74) is 1.04. The number of hydrogen-bond acceptors (Lipinski definition) is 7. The van der Waals surface area contributed by atoms with Crippen molar-refractivity contribution in [1.29, 1.82) is 0 Å². The highest BCUT2D eigenvalue weighted by Gasteiger charge is 2.29. The van der Waals surface area contributed by atoms with Crippen LogP contribution in [0, 0.1) is 0 Å². The Kier molecular flexibility index (Phi) is 6.10. The summed E-state index contributed by atoms with van der Waals surface area (Å²) in [5, 5.41) is 24.9. The maximum Gasteiger partial charge on any atom is 0.491 e. The molecule has 0 aliphatic carbocycles. The number of hydrogen-bond donors (Lipinski definition) is 6. The molecule has 2 heterocycles. The van der Waals surface area contributed by atoms with Crippen molar-refractivity contribution in [2.45, 2.75) is 18.6 Å². The molecule has 0 atom stereocenters. The third-order valence-electron chi connectivity index (χ3n) is 4.00. The Hall–Kier alpha value is -3.36. The highest BCUT2D eigenvalue weighted by Crippen LogP contribution is 2.25. The number of benzene rings is 1. The van der Waals surface area contributed by atoms with Gasteiger partial charge in [0.1, 0.15) is 0 Å². The summed E-state index contributed by atoms with van der Waals surface area (Å²) >= 11 is 0. The van der Waals surface area contributed by atoms with Gasteiger partial charge in [0.05, 0.1) is 24.2 Å². The molecule has 1 aromatic carbocycles. The van der Waals surface area contributed by atoms with Gasteiger partial charge >= 0.3 is 19.2 Å². The zero-order valence-electron chi connectivity index (χ0n) is 15.7. The number of carbonyl (C=O) groups is 2. The lowest BCUT2D eigenvalue weighted by Gasteiger charge is -2.14. The second-order valence-electron chi connectivity index (χ2n) is 6.17. The largest absolute Gasteiger partial charge is 0.491 e. The minimum Gasteiger partial charge on any atom is -0.465 e. The van der Waals surface area contributed by atoms with Gasteiger partial charge in [-0.25, -0.2) is 14.6 Å². The maximum atomic E-state index is 12.9. The monoisotopic (exact) mass is 435 g/mol. The van der Waals surface area contributed by atoms with E-state index in [1.165, 1.54) is 12.1 Å². The number of amides is 3. The molecular weight excluding hydrogens is 417 g/mol. The molecule has 1 aliphatic heterocycles. The normalized spacial score (nSPS) is 12.8. The lowest BCUT2D eigenvalue weighted by molar-refractivity contribution is 0.209. The molecule has 0 bridgehead atoms. The van der Waals surface area contributed by atoms with Crippen LogP contribution in [0.3, 0.4) is 0 Å². The summed E-state index contributed by atoms with van der Waals surface area (Å²) in [7, 11) is -5.44. The molecule has 158 valence electrons. The zero-order valence-corrected chi connectivity index (χ0v) is 16.5. The van der Waals surface area contributed by atoms with Gasteiger partial charge in [0.25, 0.3) is 10.0 Å². The van der Waals surface area contributed by atoms with E-state index in [-0.39, 0.29) is 30.2 Å². The van der Waals surface area contributed by atoms with Crippen LogP contribution in [0.1, 0.15) is 12.5 Å². The van der Waals surface area contributed by atoms with Gasteiger partial charge < -0.3 is 25.4 Å². The topological polar surface area (TPSA) is 179 Å². The number of nitrogens with one attached hydrogen (secondary N) is 4. The predicted octanol–water partition coefficient (Wildman–Crippen LogP) is 0.331. The molecular formula is C16H18BN5O7S. The van der Waals surface area contributed by atoms with E-state index in [1.807, 2.05) is 5.32 Å². The van der Waals surface area contributed by atoms with Crippen LogP contribution in [0.5, 0.6) is 0 Å². The van der Waals surface area contributed by atoms with Gasteiger partial charge in [0, 0.05) is 12.2 Å². The number of fused-ring (bicyclic) bond motifs is 1. The van der Waals surface area contributed by atoms with E-state index in [4.69, 9.17) is 9.76 Å². The molecule has 3 rings (SSSR count). The Morgan fingerprint density at radius 2 is 2.00 bits per heavy atom. The van der Waals surface area contributed by atoms with Gasteiger partial charge in [-0.15, -0.1) is 0 Å². The molecule has 30 heavy (non-hydrogen) atoms. The Bertz CT molecular complexity index is 1100. The number of nitrogens with zero attached hydrogens (tertiary/aromatic N) is 1. The fraction of sp³-hybridized carbons (Fsp3) is 0.188. The van der Waals surface area contributed by atoms with Crippen LogP contribution in [0.4, 0.5) is 26.7 Å². The third-order valence-corrected chi connectivity index (χ3v) is 5.34. The maximum absolute atomic E-state index is 12.9. The van der Waals surface area contributed by atoms with E-state index in [2.05, 4.69) is 20.3 Å². The van der Waals surface area contributed by atoms with E-state index in [0.29, 0.717) is 5.46 Å². The number of urea groups is 1. The van der Waals surface area contributed by atoms with E-state index < -0.39 is 34.3 Å². The molecule has 0 saturated carbocycles. The molecule has 1 aromatic heterocycles. The summed E-state index contributed by atoms with van der Waals surface area (Å²) < 4.78 is 33.2. The van der Waals surface area contributed by atoms with E-state index >= 15 is 0 Å². The zero-order chi connectivity index (χ0) is 21.9. The molecule has 0 radical (unpaired) electrons. The fourth-order valence-electron chi connectivity index (χ4n) is 2.76. The van der Waals surface area contributed by atoms with Crippen molar-refractivity contribution in [1.82, 2.24) is 10.3 Å². The number of carbonyl (C=O) groups excluding carboxylic acids is 1. The van der Waals surface area contributed by atoms with Crippen molar-refractivity contribution < 1.29 is 32.8 Å². The van der Waals surface area contributed by atoms with Crippen LogP contribution in [0.2, 0.25) is 0 Å². The van der Waals surface area contributed by atoms with Crippen molar-refractivity contribution in [3.8, 4) is 0 Å².